The lowest BCUT2D eigenvalue weighted by atomic mass is 9.81. The summed E-state index contributed by atoms with van der Waals surface area (Å²) in [6, 6.07) is 0. The monoisotopic (exact) mass is 246 g/mol. The number of hydrogen-bond donors (Lipinski definition) is 1. The number of aliphatic hydroxyl groups excluding tert-OH is 1. The fourth-order valence-corrected chi connectivity index (χ4v) is 3.79. The van der Waals surface area contributed by atoms with Crippen molar-refractivity contribution in [1.82, 2.24) is 0 Å². The normalized spacial score (nSPS) is 43.5. The highest BCUT2D eigenvalue weighted by Gasteiger charge is 2.53. The second kappa shape index (κ2) is 3.82. The van der Waals surface area contributed by atoms with Gasteiger partial charge in [0.2, 0.25) is 0 Å². The number of hydrogen-bond acceptors (Lipinski definition) is 3. The van der Waals surface area contributed by atoms with Gasteiger partial charge in [0.1, 0.15) is 6.10 Å². The van der Waals surface area contributed by atoms with Crippen LogP contribution in [0.2, 0.25) is 0 Å². The molecule has 5 atom stereocenters. The van der Waals surface area contributed by atoms with Crippen molar-refractivity contribution >= 4 is 5.97 Å². The van der Waals surface area contributed by atoms with E-state index in [4.69, 9.17) is 4.74 Å². The molecule has 0 unspecified atom stereocenters. The average Bonchev–Trinajstić information content (AvgIpc) is 2.77. The third kappa shape index (κ3) is 1.43. The number of aliphatic hydroxyl groups is 1. The fraction of sp³-hybridized carbons (Fsp3) is 0.533. The second-order valence-corrected chi connectivity index (χ2v) is 5.68. The molecular weight excluding hydrogens is 228 g/mol. The van der Waals surface area contributed by atoms with Gasteiger partial charge in [-0.3, -0.25) is 0 Å². The number of esters is 1. The van der Waals surface area contributed by atoms with Gasteiger partial charge >= 0.3 is 5.97 Å². The molecule has 18 heavy (non-hydrogen) atoms. The summed E-state index contributed by atoms with van der Waals surface area (Å²) < 4.78 is 5.46. The van der Waals surface area contributed by atoms with Gasteiger partial charge in [0.25, 0.3) is 0 Å². The third-order valence-electron chi connectivity index (χ3n) is 4.71. The fourth-order valence-electron chi connectivity index (χ4n) is 3.79. The Kier molecular flexibility index (Phi) is 2.49. The van der Waals surface area contributed by atoms with Crippen molar-refractivity contribution < 1.29 is 14.6 Å². The summed E-state index contributed by atoms with van der Waals surface area (Å²) in [5.74, 6) is -0.252. The summed E-state index contributed by atoms with van der Waals surface area (Å²) in [6.07, 6.45) is 1.59. The Morgan fingerprint density at radius 1 is 1.17 bits per heavy atom. The first-order chi connectivity index (χ1) is 8.50. The molecule has 1 heterocycles. The van der Waals surface area contributed by atoms with Crippen LogP contribution < -0.4 is 0 Å². The molecular formula is C15H18O3. The van der Waals surface area contributed by atoms with Gasteiger partial charge in [0, 0.05) is 11.5 Å². The highest BCUT2D eigenvalue weighted by molar-refractivity contribution is 5.91. The minimum Gasteiger partial charge on any atom is -0.458 e. The van der Waals surface area contributed by atoms with E-state index < -0.39 is 6.10 Å². The van der Waals surface area contributed by atoms with Crippen molar-refractivity contribution in [2.45, 2.75) is 31.5 Å². The van der Waals surface area contributed by atoms with E-state index in [1.807, 2.05) is 0 Å². The predicted molar refractivity (Wildman–Crippen MR) is 67.6 cm³/mol. The summed E-state index contributed by atoms with van der Waals surface area (Å²) in [7, 11) is 0. The molecule has 1 aliphatic heterocycles. The summed E-state index contributed by atoms with van der Waals surface area (Å²) in [5, 5.41) is 10.3. The first-order valence-corrected chi connectivity index (χ1v) is 6.44. The molecule has 0 aromatic heterocycles. The van der Waals surface area contributed by atoms with Crippen LogP contribution in [0.15, 0.2) is 36.5 Å². The molecule has 0 bridgehead atoms. The van der Waals surface area contributed by atoms with Gasteiger partial charge in [0.15, 0.2) is 0 Å². The minimum absolute atomic E-state index is 0.114. The van der Waals surface area contributed by atoms with E-state index in [-0.39, 0.29) is 23.9 Å². The molecule has 0 amide bonds. The molecule has 2 saturated carbocycles. The minimum atomic E-state index is -0.611. The van der Waals surface area contributed by atoms with Crippen LogP contribution in [0.3, 0.4) is 0 Å². The van der Waals surface area contributed by atoms with Gasteiger partial charge < -0.3 is 9.84 Å². The summed E-state index contributed by atoms with van der Waals surface area (Å²) >= 11 is 0. The van der Waals surface area contributed by atoms with Gasteiger partial charge in [-0.2, -0.15) is 0 Å². The van der Waals surface area contributed by atoms with Gasteiger partial charge in [-0.15, -0.1) is 0 Å². The van der Waals surface area contributed by atoms with Crippen LogP contribution in [0.5, 0.6) is 0 Å². The zero-order valence-corrected chi connectivity index (χ0v) is 10.4. The van der Waals surface area contributed by atoms with Crippen molar-refractivity contribution in [3.8, 4) is 0 Å². The molecule has 3 rings (SSSR count). The van der Waals surface area contributed by atoms with Crippen LogP contribution in [-0.2, 0) is 9.53 Å². The lowest BCUT2D eigenvalue weighted by Crippen LogP contribution is -2.33. The van der Waals surface area contributed by atoms with Crippen LogP contribution in [0.4, 0.5) is 0 Å². The Bertz CT molecular complexity index is 462. The molecule has 3 heteroatoms. The number of carbonyl (C=O) groups is 1. The molecule has 0 radical (unpaired) electrons. The van der Waals surface area contributed by atoms with Crippen LogP contribution in [0.1, 0.15) is 19.3 Å². The standard InChI is InChI=1S/C15H18O3/c1-7-4-5-10-8(2)6-11(16)13-9(3)15(17)18-14(13)12(7)10/h10-14,16H,1-6H2/t10-,11-,12-,13+,14+/m0/s1. The first-order valence-electron chi connectivity index (χ1n) is 6.44. The van der Waals surface area contributed by atoms with Crippen molar-refractivity contribution in [1.29, 1.82) is 0 Å². The second-order valence-electron chi connectivity index (χ2n) is 5.68. The summed E-state index contributed by atoms with van der Waals surface area (Å²) in [5.41, 5.74) is 2.58. The van der Waals surface area contributed by atoms with Crippen LogP contribution in [-0.4, -0.2) is 23.3 Å². The Labute approximate surface area is 107 Å². The maximum atomic E-state index is 11.7. The lowest BCUT2D eigenvalue weighted by Gasteiger charge is -2.26. The highest BCUT2D eigenvalue weighted by Crippen LogP contribution is 2.51. The van der Waals surface area contributed by atoms with E-state index >= 15 is 0 Å². The molecule has 3 nitrogen and oxygen atoms in total. The largest absolute Gasteiger partial charge is 0.458 e. The van der Waals surface area contributed by atoms with Gasteiger partial charge in [-0.25, -0.2) is 4.79 Å². The summed E-state index contributed by atoms with van der Waals surface area (Å²) in [6.45, 7) is 12.0. The first kappa shape index (κ1) is 11.7. The van der Waals surface area contributed by atoms with E-state index in [0.717, 1.165) is 24.0 Å². The van der Waals surface area contributed by atoms with Gasteiger partial charge in [0.05, 0.1) is 12.0 Å². The van der Waals surface area contributed by atoms with E-state index in [2.05, 4.69) is 19.7 Å². The van der Waals surface area contributed by atoms with E-state index in [0.29, 0.717) is 17.9 Å². The number of carbonyl (C=O) groups excluding carboxylic acids is 1. The van der Waals surface area contributed by atoms with Crippen molar-refractivity contribution in [3.63, 3.8) is 0 Å². The van der Waals surface area contributed by atoms with E-state index in [9.17, 15) is 9.90 Å². The van der Waals surface area contributed by atoms with E-state index in [1.165, 1.54) is 0 Å². The molecule has 1 N–H and O–H groups in total. The van der Waals surface area contributed by atoms with Gasteiger partial charge in [-0.1, -0.05) is 30.9 Å². The Hall–Kier alpha value is -1.35. The number of rotatable bonds is 0. The van der Waals surface area contributed by atoms with Crippen LogP contribution in [0, 0.1) is 17.8 Å². The maximum absolute atomic E-state index is 11.7. The molecule has 0 spiro atoms. The van der Waals surface area contributed by atoms with Crippen LogP contribution in [0.25, 0.3) is 0 Å². The van der Waals surface area contributed by atoms with Crippen molar-refractivity contribution in [3.05, 3.63) is 36.5 Å². The molecule has 0 aromatic carbocycles. The molecule has 0 aromatic rings. The topological polar surface area (TPSA) is 46.5 Å². The Balaban J connectivity index is 2.05. The van der Waals surface area contributed by atoms with Crippen molar-refractivity contribution in [2.24, 2.45) is 17.8 Å². The zero-order valence-electron chi connectivity index (χ0n) is 10.4. The quantitative estimate of drug-likeness (QED) is 0.404. The van der Waals surface area contributed by atoms with Gasteiger partial charge in [-0.05, 0) is 25.2 Å². The smallest absolute Gasteiger partial charge is 0.334 e. The average molecular weight is 246 g/mol. The highest BCUT2D eigenvalue weighted by atomic mass is 16.6. The lowest BCUT2D eigenvalue weighted by molar-refractivity contribution is -0.141. The number of fused-ring (bicyclic) bond motifs is 3. The summed E-state index contributed by atoms with van der Waals surface area (Å²) in [4.78, 5) is 11.7. The molecule has 2 aliphatic carbocycles. The molecule has 1 saturated heterocycles. The Morgan fingerprint density at radius 3 is 2.61 bits per heavy atom. The zero-order chi connectivity index (χ0) is 13.0. The SMILES string of the molecule is C=C1CC[C@H]2C(=C)C[C@H](O)[C@H]3C(=C)C(=O)O[C@@H]3[C@@H]12. The predicted octanol–water partition coefficient (Wildman–Crippen LogP) is 1.99. The molecule has 3 fully saturated rings. The third-order valence-corrected chi connectivity index (χ3v) is 4.71. The maximum Gasteiger partial charge on any atom is 0.334 e. The molecule has 96 valence electrons. The number of ether oxygens (including phenoxy) is 1. The van der Waals surface area contributed by atoms with Crippen molar-refractivity contribution in [2.75, 3.05) is 0 Å². The van der Waals surface area contributed by atoms with Crippen LogP contribution >= 0.6 is 0 Å². The van der Waals surface area contributed by atoms with E-state index in [1.54, 1.807) is 0 Å². The Morgan fingerprint density at radius 2 is 1.89 bits per heavy atom. The molecule has 3 aliphatic rings.